The zero-order valence-electron chi connectivity index (χ0n) is 7.60. The predicted octanol–water partition coefficient (Wildman–Crippen LogP) is 2.78. The van der Waals surface area contributed by atoms with E-state index in [1.54, 1.807) is 0 Å². The predicted molar refractivity (Wildman–Crippen MR) is 64.1 cm³/mol. The van der Waals surface area contributed by atoms with Crippen molar-refractivity contribution in [3.8, 4) is 11.5 Å². The number of hydrogen-bond donors (Lipinski definition) is 5. The summed E-state index contributed by atoms with van der Waals surface area (Å²) in [6.45, 7) is 0. The molecule has 0 spiro atoms. The van der Waals surface area contributed by atoms with Crippen molar-refractivity contribution in [1.29, 1.82) is 0 Å². The van der Waals surface area contributed by atoms with Crippen molar-refractivity contribution in [3.63, 3.8) is 0 Å². The molecule has 11 heteroatoms. The van der Waals surface area contributed by atoms with Crippen molar-refractivity contribution in [1.82, 2.24) is 0 Å². The Hall–Kier alpha value is 0.0900. The number of hydrogen-bond acceptors (Lipinski definition) is 3. The topological polar surface area (TPSA) is 118 Å². The minimum Gasteiger partial charge on any atom is -0.503 e. The molecule has 0 saturated carbocycles. The van der Waals surface area contributed by atoms with Crippen molar-refractivity contribution in [2.75, 3.05) is 0 Å². The number of aromatic hydroxyl groups is 2. The zero-order valence-corrected chi connectivity index (χ0v) is 11.5. The highest BCUT2D eigenvalue weighted by atomic mass is 35.5. The molecule has 0 amide bonds. The summed E-state index contributed by atoms with van der Waals surface area (Å²) in [6, 6.07) is 0. The lowest BCUT2D eigenvalue weighted by atomic mass is 10.3. The summed E-state index contributed by atoms with van der Waals surface area (Å²) in [5.41, 5.74) is 0. The van der Waals surface area contributed by atoms with Crippen LogP contribution in [0.3, 0.4) is 0 Å². The van der Waals surface area contributed by atoms with Gasteiger partial charge < -0.3 is 24.9 Å². The van der Waals surface area contributed by atoms with Gasteiger partial charge in [0.25, 0.3) is 0 Å². The van der Waals surface area contributed by atoms with Crippen LogP contribution in [-0.4, -0.2) is 24.9 Å². The van der Waals surface area contributed by atoms with E-state index in [1.165, 1.54) is 0 Å². The van der Waals surface area contributed by atoms with E-state index >= 15 is 0 Å². The van der Waals surface area contributed by atoms with E-state index in [2.05, 4.69) is 0 Å². The number of halogens is 4. The Morgan fingerprint density at radius 3 is 1.06 bits per heavy atom. The summed E-state index contributed by atoms with van der Waals surface area (Å²) in [7, 11) is -4.64. The Morgan fingerprint density at radius 1 is 0.706 bits per heavy atom. The minimum atomic E-state index is -4.64. The highest BCUT2D eigenvalue weighted by Gasteiger charge is 2.18. The lowest BCUT2D eigenvalue weighted by molar-refractivity contribution is 0.275. The van der Waals surface area contributed by atoms with Crippen LogP contribution in [-0.2, 0) is 4.57 Å². The van der Waals surface area contributed by atoms with Gasteiger partial charge in [-0.2, -0.15) is 0 Å². The fraction of sp³-hybridized carbons (Fsp3) is 0. The van der Waals surface area contributed by atoms with Gasteiger partial charge in [0.2, 0.25) is 0 Å². The molecule has 0 atom stereocenters. The molecule has 0 unspecified atom stereocenters. The van der Waals surface area contributed by atoms with Crippen molar-refractivity contribution >= 4 is 54.2 Å². The highest BCUT2D eigenvalue weighted by molar-refractivity contribution is 7.45. The lowest BCUT2D eigenvalue weighted by Gasteiger charge is -2.06. The molecule has 0 aliphatic carbocycles. The van der Waals surface area contributed by atoms with Gasteiger partial charge >= 0.3 is 7.82 Å². The van der Waals surface area contributed by atoms with Crippen LogP contribution in [0.5, 0.6) is 11.5 Å². The third-order valence-corrected chi connectivity index (χ3v) is 3.00. The van der Waals surface area contributed by atoms with Gasteiger partial charge in [0.15, 0.2) is 11.5 Å². The third-order valence-electron chi connectivity index (χ3n) is 1.22. The molecule has 1 aromatic rings. The van der Waals surface area contributed by atoms with Crippen molar-refractivity contribution in [2.24, 2.45) is 0 Å². The van der Waals surface area contributed by atoms with E-state index in [1.807, 2.05) is 0 Å². The Kier molecular flexibility index (Phi) is 6.35. The normalized spacial score (nSPS) is 10.8. The van der Waals surface area contributed by atoms with Crippen LogP contribution < -0.4 is 0 Å². The van der Waals surface area contributed by atoms with E-state index in [0.29, 0.717) is 0 Å². The molecule has 0 saturated heterocycles. The van der Waals surface area contributed by atoms with Crippen LogP contribution in [0.25, 0.3) is 0 Å². The molecule has 5 N–H and O–H groups in total. The number of rotatable bonds is 0. The maximum Gasteiger partial charge on any atom is 0.466 e. The van der Waals surface area contributed by atoms with E-state index in [0.717, 1.165) is 0 Å². The van der Waals surface area contributed by atoms with Gasteiger partial charge in [0.05, 0.1) is 10.0 Å². The average Bonchev–Trinajstić information content (AvgIpc) is 2.18. The van der Waals surface area contributed by atoms with Crippen LogP contribution in [0.2, 0.25) is 20.1 Å². The first-order valence-electron chi connectivity index (χ1n) is 3.49. The first-order valence-corrected chi connectivity index (χ1v) is 6.56. The Balaban J connectivity index is 0.000000437. The smallest absolute Gasteiger partial charge is 0.466 e. The lowest BCUT2D eigenvalue weighted by Crippen LogP contribution is -1.78. The standard InChI is InChI=1S/C6H2Cl4O2.H3O4P/c7-1-2(8)4(10)6(12)5(11)3(1)9;1-5(2,3)4/h11-12H;(H3,1,2,3,4). The molecule has 0 aliphatic rings. The summed E-state index contributed by atoms with van der Waals surface area (Å²) in [5, 5.41) is 17.6. The Morgan fingerprint density at radius 2 is 0.882 bits per heavy atom. The first kappa shape index (κ1) is 17.1. The average molecular weight is 346 g/mol. The largest absolute Gasteiger partial charge is 0.503 e. The fourth-order valence-electron chi connectivity index (χ4n) is 0.609. The van der Waals surface area contributed by atoms with Crippen molar-refractivity contribution < 1.29 is 29.5 Å². The number of phosphoric acid groups is 1. The third kappa shape index (κ3) is 5.50. The second-order valence-electron chi connectivity index (χ2n) is 2.47. The van der Waals surface area contributed by atoms with Crippen molar-refractivity contribution in [2.45, 2.75) is 0 Å². The summed E-state index contributed by atoms with van der Waals surface area (Å²) in [6.07, 6.45) is 0. The molecule has 1 aromatic carbocycles. The monoisotopic (exact) mass is 344 g/mol. The molecular formula is C6H5Cl4O6P. The first-order chi connectivity index (χ1) is 7.46. The number of phenols is 2. The van der Waals surface area contributed by atoms with Crippen LogP contribution in [0.15, 0.2) is 0 Å². The molecule has 17 heavy (non-hydrogen) atoms. The summed E-state index contributed by atoms with van der Waals surface area (Å²) < 4.78 is 8.88. The summed E-state index contributed by atoms with van der Waals surface area (Å²) in [5.74, 6) is -1.15. The summed E-state index contributed by atoms with van der Waals surface area (Å²) >= 11 is 22.0. The van der Waals surface area contributed by atoms with Gasteiger partial charge in [-0.15, -0.1) is 0 Å². The number of phenolic OH excluding ortho intramolecular Hbond substituents is 2. The second kappa shape index (κ2) is 6.31. The van der Waals surface area contributed by atoms with E-state index in [9.17, 15) is 0 Å². The maximum atomic E-state index is 9.08. The Labute approximate surface area is 115 Å². The molecule has 6 nitrogen and oxygen atoms in total. The molecule has 0 aromatic heterocycles. The quantitative estimate of drug-likeness (QED) is 0.213. The second-order valence-corrected chi connectivity index (χ2v) is 5.00. The Bertz CT molecular complexity index is 359. The minimum absolute atomic E-state index is 0.0846. The molecule has 98 valence electrons. The maximum absolute atomic E-state index is 9.08. The van der Waals surface area contributed by atoms with Gasteiger partial charge in [0.1, 0.15) is 10.0 Å². The van der Waals surface area contributed by atoms with E-state index < -0.39 is 19.3 Å². The highest BCUT2D eigenvalue weighted by Crippen LogP contribution is 2.48. The van der Waals surface area contributed by atoms with Crippen LogP contribution in [0.1, 0.15) is 0 Å². The van der Waals surface area contributed by atoms with Crippen molar-refractivity contribution in [3.05, 3.63) is 20.1 Å². The van der Waals surface area contributed by atoms with Gasteiger partial charge in [-0.05, 0) is 0 Å². The van der Waals surface area contributed by atoms with E-state index in [-0.39, 0.29) is 20.1 Å². The molecule has 0 fully saturated rings. The molecule has 0 bridgehead atoms. The molecule has 0 aliphatic heterocycles. The summed E-state index contributed by atoms with van der Waals surface area (Å²) in [4.78, 5) is 21.6. The molecule has 1 rings (SSSR count). The van der Waals surface area contributed by atoms with Crippen LogP contribution in [0, 0.1) is 0 Å². The van der Waals surface area contributed by atoms with Crippen LogP contribution in [0.4, 0.5) is 0 Å². The zero-order chi connectivity index (χ0) is 14.0. The van der Waals surface area contributed by atoms with Gasteiger partial charge in [-0.3, -0.25) is 0 Å². The van der Waals surface area contributed by atoms with Crippen LogP contribution >= 0.6 is 54.2 Å². The SMILES string of the molecule is O=P(O)(O)O.Oc1c(O)c(Cl)c(Cl)c(Cl)c1Cl. The van der Waals surface area contributed by atoms with Gasteiger partial charge in [-0.25, -0.2) is 4.57 Å². The van der Waals surface area contributed by atoms with Gasteiger partial charge in [-0.1, -0.05) is 46.4 Å². The molecule has 0 heterocycles. The number of benzene rings is 1. The van der Waals surface area contributed by atoms with E-state index in [4.69, 9.17) is 75.9 Å². The fourth-order valence-corrected chi connectivity index (χ4v) is 1.44. The molecular weight excluding hydrogens is 341 g/mol. The van der Waals surface area contributed by atoms with Gasteiger partial charge in [0, 0.05) is 0 Å². The molecule has 0 radical (unpaired) electrons.